The minimum atomic E-state index is -3.10. The van der Waals surface area contributed by atoms with Crippen molar-refractivity contribution in [3.05, 3.63) is 0 Å². The topological polar surface area (TPSA) is 66.5 Å². The van der Waals surface area contributed by atoms with Gasteiger partial charge in [0.25, 0.3) is 0 Å². The van der Waals surface area contributed by atoms with E-state index in [2.05, 4.69) is 5.32 Å². The molecule has 0 aromatic heterocycles. The third-order valence-electron chi connectivity index (χ3n) is 2.98. The van der Waals surface area contributed by atoms with Gasteiger partial charge in [0.2, 0.25) is 15.9 Å². The predicted molar refractivity (Wildman–Crippen MR) is 67.0 cm³/mol. The Morgan fingerprint density at radius 2 is 1.88 bits per heavy atom. The van der Waals surface area contributed by atoms with Gasteiger partial charge in [0.15, 0.2) is 0 Å². The maximum absolute atomic E-state index is 11.8. The highest BCUT2D eigenvalue weighted by molar-refractivity contribution is 7.88. The summed E-state index contributed by atoms with van der Waals surface area (Å²) in [5, 5.41) is 2.90. The van der Waals surface area contributed by atoms with Gasteiger partial charge in [-0.15, -0.1) is 0 Å². The van der Waals surface area contributed by atoms with Crippen LogP contribution in [-0.4, -0.2) is 44.5 Å². The van der Waals surface area contributed by atoms with Crippen molar-refractivity contribution in [3.8, 4) is 0 Å². The van der Waals surface area contributed by atoms with Crippen molar-refractivity contribution in [2.45, 2.75) is 26.7 Å². The van der Waals surface area contributed by atoms with E-state index < -0.39 is 10.0 Å². The van der Waals surface area contributed by atoms with Crippen LogP contribution in [0.4, 0.5) is 0 Å². The SMILES string of the molecule is CC(C)CNC(=O)C1CCN(S(C)(=O)=O)CC1. The monoisotopic (exact) mass is 262 g/mol. The van der Waals surface area contributed by atoms with Crippen molar-refractivity contribution in [2.24, 2.45) is 11.8 Å². The van der Waals surface area contributed by atoms with Gasteiger partial charge in [0, 0.05) is 25.6 Å². The summed E-state index contributed by atoms with van der Waals surface area (Å²) in [6.07, 6.45) is 2.46. The normalized spacial score (nSPS) is 19.5. The molecule has 0 spiro atoms. The van der Waals surface area contributed by atoms with Crippen LogP contribution in [0.2, 0.25) is 0 Å². The van der Waals surface area contributed by atoms with Crippen LogP contribution in [0, 0.1) is 11.8 Å². The van der Waals surface area contributed by atoms with Crippen molar-refractivity contribution in [3.63, 3.8) is 0 Å². The van der Waals surface area contributed by atoms with Gasteiger partial charge in [-0.3, -0.25) is 4.79 Å². The Bertz CT molecular complexity index is 357. The lowest BCUT2D eigenvalue weighted by molar-refractivity contribution is -0.126. The lowest BCUT2D eigenvalue weighted by Gasteiger charge is -2.29. The van der Waals surface area contributed by atoms with E-state index >= 15 is 0 Å². The Labute approximate surface area is 104 Å². The van der Waals surface area contributed by atoms with Crippen molar-refractivity contribution >= 4 is 15.9 Å². The smallest absolute Gasteiger partial charge is 0.223 e. The van der Waals surface area contributed by atoms with E-state index in [1.54, 1.807) is 0 Å². The van der Waals surface area contributed by atoms with Crippen LogP contribution >= 0.6 is 0 Å². The van der Waals surface area contributed by atoms with Crippen molar-refractivity contribution < 1.29 is 13.2 Å². The number of carbonyl (C=O) groups excluding carboxylic acids is 1. The van der Waals surface area contributed by atoms with Crippen LogP contribution in [0.3, 0.4) is 0 Å². The van der Waals surface area contributed by atoms with Gasteiger partial charge in [-0.1, -0.05) is 13.8 Å². The standard InChI is InChI=1S/C11H22N2O3S/c1-9(2)8-12-11(14)10-4-6-13(7-5-10)17(3,15)16/h9-10H,4-8H2,1-3H3,(H,12,14). The van der Waals surface area contributed by atoms with Crippen molar-refractivity contribution in [1.29, 1.82) is 0 Å². The second-order valence-electron chi connectivity index (χ2n) is 5.08. The summed E-state index contributed by atoms with van der Waals surface area (Å²) in [6, 6.07) is 0. The number of piperidine rings is 1. The molecule has 1 rings (SSSR count). The van der Waals surface area contributed by atoms with Crippen LogP contribution in [-0.2, 0) is 14.8 Å². The molecule has 1 saturated heterocycles. The van der Waals surface area contributed by atoms with E-state index in [9.17, 15) is 13.2 Å². The first kappa shape index (κ1) is 14.4. The second kappa shape index (κ2) is 5.82. The predicted octanol–water partition coefficient (Wildman–Crippen LogP) is 0.430. The Hall–Kier alpha value is -0.620. The highest BCUT2D eigenvalue weighted by Crippen LogP contribution is 2.19. The molecule has 0 aliphatic carbocycles. The van der Waals surface area contributed by atoms with E-state index in [1.165, 1.54) is 10.6 Å². The molecule has 0 saturated carbocycles. The summed E-state index contributed by atoms with van der Waals surface area (Å²) in [4.78, 5) is 11.8. The molecule has 1 fully saturated rings. The van der Waals surface area contributed by atoms with Gasteiger partial charge in [-0.25, -0.2) is 12.7 Å². The summed E-state index contributed by atoms with van der Waals surface area (Å²) >= 11 is 0. The third-order valence-corrected chi connectivity index (χ3v) is 4.28. The molecule has 0 bridgehead atoms. The molecule has 1 amide bonds. The number of hydrogen-bond donors (Lipinski definition) is 1. The number of sulfonamides is 1. The van der Waals surface area contributed by atoms with Gasteiger partial charge in [0.1, 0.15) is 0 Å². The van der Waals surface area contributed by atoms with Gasteiger partial charge < -0.3 is 5.32 Å². The number of nitrogens with zero attached hydrogens (tertiary/aromatic N) is 1. The molecule has 1 aliphatic heterocycles. The first-order valence-electron chi connectivity index (χ1n) is 6.03. The molecular weight excluding hydrogens is 240 g/mol. The average molecular weight is 262 g/mol. The van der Waals surface area contributed by atoms with Crippen LogP contribution in [0.1, 0.15) is 26.7 Å². The molecule has 0 radical (unpaired) electrons. The molecule has 0 aromatic carbocycles. The number of rotatable bonds is 4. The van der Waals surface area contributed by atoms with Gasteiger partial charge >= 0.3 is 0 Å². The first-order chi connectivity index (χ1) is 7.80. The molecule has 17 heavy (non-hydrogen) atoms. The number of carbonyl (C=O) groups is 1. The molecule has 6 heteroatoms. The molecule has 0 atom stereocenters. The Morgan fingerprint density at radius 3 is 2.29 bits per heavy atom. The van der Waals surface area contributed by atoms with Gasteiger partial charge in [-0.05, 0) is 18.8 Å². The largest absolute Gasteiger partial charge is 0.356 e. The van der Waals surface area contributed by atoms with E-state index in [0.29, 0.717) is 38.4 Å². The number of hydrogen-bond acceptors (Lipinski definition) is 3. The molecule has 0 unspecified atom stereocenters. The molecule has 1 aliphatic rings. The van der Waals surface area contributed by atoms with Crippen LogP contribution in [0.15, 0.2) is 0 Å². The number of nitrogens with one attached hydrogen (secondary N) is 1. The van der Waals surface area contributed by atoms with E-state index in [0.717, 1.165) is 0 Å². The summed E-state index contributed by atoms with van der Waals surface area (Å²) in [5.74, 6) is 0.466. The molecular formula is C11H22N2O3S. The van der Waals surface area contributed by atoms with Crippen LogP contribution in [0.5, 0.6) is 0 Å². The van der Waals surface area contributed by atoms with Crippen LogP contribution in [0.25, 0.3) is 0 Å². The fraction of sp³-hybridized carbons (Fsp3) is 0.909. The van der Waals surface area contributed by atoms with Crippen LogP contribution < -0.4 is 5.32 Å². The van der Waals surface area contributed by atoms with E-state index in [4.69, 9.17) is 0 Å². The van der Waals surface area contributed by atoms with Gasteiger partial charge in [-0.2, -0.15) is 0 Å². The minimum absolute atomic E-state index is 0.0354. The number of amides is 1. The first-order valence-corrected chi connectivity index (χ1v) is 7.88. The molecule has 100 valence electrons. The molecule has 5 nitrogen and oxygen atoms in total. The maximum atomic E-state index is 11.8. The zero-order valence-electron chi connectivity index (χ0n) is 10.8. The Balaban J connectivity index is 2.39. The summed E-state index contributed by atoms with van der Waals surface area (Å²) in [7, 11) is -3.10. The zero-order valence-corrected chi connectivity index (χ0v) is 11.6. The minimum Gasteiger partial charge on any atom is -0.356 e. The summed E-state index contributed by atoms with van der Waals surface area (Å²) in [6.45, 7) is 5.70. The summed E-state index contributed by atoms with van der Waals surface area (Å²) in [5.41, 5.74) is 0. The van der Waals surface area contributed by atoms with Crippen molar-refractivity contribution in [2.75, 3.05) is 25.9 Å². The molecule has 1 heterocycles. The fourth-order valence-electron chi connectivity index (χ4n) is 1.90. The summed E-state index contributed by atoms with van der Waals surface area (Å²) < 4.78 is 24.1. The lowest BCUT2D eigenvalue weighted by atomic mass is 9.97. The quantitative estimate of drug-likeness (QED) is 0.799. The Morgan fingerprint density at radius 1 is 1.35 bits per heavy atom. The fourth-order valence-corrected chi connectivity index (χ4v) is 2.77. The lowest BCUT2D eigenvalue weighted by Crippen LogP contribution is -2.43. The zero-order chi connectivity index (χ0) is 13.1. The average Bonchev–Trinajstić information content (AvgIpc) is 2.25. The van der Waals surface area contributed by atoms with E-state index in [1.807, 2.05) is 13.8 Å². The Kier molecular flexibility index (Phi) is 4.94. The van der Waals surface area contributed by atoms with Crippen molar-refractivity contribution in [1.82, 2.24) is 9.62 Å². The van der Waals surface area contributed by atoms with E-state index in [-0.39, 0.29) is 11.8 Å². The second-order valence-corrected chi connectivity index (χ2v) is 7.06. The maximum Gasteiger partial charge on any atom is 0.223 e. The third kappa shape index (κ3) is 4.63. The van der Waals surface area contributed by atoms with Gasteiger partial charge in [0.05, 0.1) is 6.26 Å². The highest BCUT2D eigenvalue weighted by atomic mass is 32.2. The highest BCUT2D eigenvalue weighted by Gasteiger charge is 2.28. The molecule has 1 N–H and O–H groups in total. The molecule has 0 aromatic rings.